The van der Waals surface area contributed by atoms with E-state index >= 15 is 0 Å². The second-order valence-electron chi connectivity index (χ2n) is 3.93. The number of hydrogen-bond acceptors (Lipinski definition) is 4. The lowest BCUT2D eigenvalue weighted by Gasteiger charge is -2.27. The van der Waals surface area contributed by atoms with Crippen molar-refractivity contribution in [1.29, 1.82) is 0 Å². The molecule has 0 heterocycles. The number of nitrogens with one attached hydrogen (secondary N) is 1. The van der Waals surface area contributed by atoms with Crippen molar-refractivity contribution < 1.29 is 19.4 Å². The first-order valence-corrected chi connectivity index (χ1v) is 6.88. The minimum Gasteiger partial charge on any atom is -0.480 e. The van der Waals surface area contributed by atoms with E-state index in [2.05, 4.69) is 5.32 Å². The molecule has 2 atom stereocenters. The average Bonchev–Trinajstić information content (AvgIpc) is 2.32. The van der Waals surface area contributed by atoms with Gasteiger partial charge in [0.2, 0.25) is 0 Å². The molecule has 0 aliphatic rings. The number of ether oxygens (including phenoxy) is 1. The fourth-order valence-electron chi connectivity index (χ4n) is 1.20. The van der Waals surface area contributed by atoms with Crippen molar-refractivity contribution in [2.75, 3.05) is 19.1 Å². The topological polar surface area (TPSA) is 75.6 Å². The summed E-state index contributed by atoms with van der Waals surface area (Å²) >= 11 is 1.55. The number of carboxylic acid groups (broad SMARTS) is 1. The van der Waals surface area contributed by atoms with E-state index < -0.39 is 17.6 Å². The lowest BCUT2D eigenvalue weighted by atomic mass is 10.0. The van der Waals surface area contributed by atoms with Gasteiger partial charge in [-0.3, -0.25) is 4.79 Å². The summed E-state index contributed by atoms with van der Waals surface area (Å²) in [7, 11) is 1.45. The number of rotatable bonds is 8. The number of carbonyl (C=O) groups is 2. The minimum atomic E-state index is -1.01. The summed E-state index contributed by atoms with van der Waals surface area (Å²) in [6.07, 6.45) is 2.79. The normalized spacial score (nSPS) is 16.0. The molecule has 0 bridgehead atoms. The summed E-state index contributed by atoms with van der Waals surface area (Å²) in [6.45, 7) is 3.47. The highest BCUT2D eigenvalue weighted by atomic mass is 32.2. The van der Waals surface area contributed by atoms with E-state index in [1.54, 1.807) is 18.7 Å². The van der Waals surface area contributed by atoms with Crippen molar-refractivity contribution in [3.63, 3.8) is 0 Å². The van der Waals surface area contributed by atoms with Gasteiger partial charge in [-0.2, -0.15) is 11.8 Å². The molecule has 0 aromatic heterocycles. The highest BCUT2D eigenvalue weighted by Gasteiger charge is 2.33. The molecule has 1 amide bonds. The highest BCUT2D eigenvalue weighted by Crippen LogP contribution is 2.14. The van der Waals surface area contributed by atoms with Crippen LogP contribution in [0.4, 0.5) is 0 Å². The van der Waals surface area contributed by atoms with Crippen LogP contribution in [0.3, 0.4) is 0 Å². The maximum atomic E-state index is 11.9. The van der Waals surface area contributed by atoms with Gasteiger partial charge in [-0.15, -0.1) is 0 Å². The number of thioether (sulfide) groups is 1. The van der Waals surface area contributed by atoms with Crippen LogP contribution in [-0.2, 0) is 14.3 Å². The standard InChI is InChI=1S/C11H21NO4S/c1-5-11(2,16-3)10(15)12-8(9(13)14)6-7-17-4/h8H,5-7H2,1-4H3,(H,12,15)(H,13,14)/t8-,11?/m0/s1. The second-order valence-corrected chi connectivity index (χ2v) is 4.92. The van der Waals surface area contributed by atoms with E-state index in [-0.39, 0.29) is 5.91 Å². The third kappa shape index (κ3) is 4.95. The van der Waals surface area contributed by atoms with Gasteiger partial charge in [-0.25, -0.2) is 4.79 Å². The van der Waals surface area contributed by atoms with Crippen LogP contribution in [0.15, 0.2) is 0 Å². The second kappa shape index (κ2) is 7.55. The van der Waals surface area contributed by atoms with Crippen molar-refractivity contribution >= 4 is 23.6 Å². The Labute approximate surface area is 106 Å². The predicted octanol–water partition coefficient (Wildman–Crippen LogP) is 1.12. The van der Waals surface area contributed by atoms with Gasteiger partial charge in [0.25, 0.3) is 5.91 Å². The number of amides is 1. The van der Waals surface area contributed by atoms with Crippen LogP contribution in [0.5, 0.6) is 0 Å². The van der Waals surface area contributed by atoms with Gasteiger partial charge in [0, 0.05) is 7.11 Å². The zero-order valence-electron chi connectivity index (χ0n) is 10.8. The van der Waals surface area contributed by atoms with E-state index in [1.807, 2.05) is 13.2 Å². The summed E-state index contributed by atoms with van der Waals surface area (Å²) in [6, 6.07) is -0.851. The Hall–Kier alpha value is -0.750. The van der Waals surface area contributed by atoms with Crippen molar-refractivity contribution in [2.24, 2.45) is 0 Å². The van der Waals surface area contributed by atoms with E-state index in [4.69, 9.17) is 9.84 Å². The number of methoxy groups -OCH3 is 1. The molecule has 17 heavy (non-hydrogen) atoms. The first kappa shape index (κ1) is 16.2. The zero-order valence-corrected chi connectivity index (χ0v) is 11.6. The molecule has 0 aliphatic carbocycles. The largest absolute Gasteiger partial charge is 0.480 e. The van der Waals surface area contributed by atoms with Crippen molar-refractivity contribution in [3.05, 3.63) is 0 Å². The maximum absolute atomic E-state index is 11.9. The maximum Gasteiger partial charge on any atom is 0.326 e. The molecule has 6 heteroatoms. The Morgan fingerprint density at radius 2 is 2.12 bits per heavy atom. The first-order chi connectivity index (χ1) is 7.91. The SMILES string of the molecule is CCC(C)(OC)C(=O)N[C@@H](CCSC)C(=O)O. The zero-order chi connectivity index (χ0) is 13.5. The molecule has 5 nitrogen and oxygen atoms in total. The molecule has 0 fully saturated rings. The summed E-state index contributed by atoms with van der Waals surface area (Å²) < 4.78 is 5.12. The monoisotopic (exact) mass is 263 g/mol. The van der Waals surface area contributed by atoms with Crippen molar-refractivity contribution in [2.45, 2.75) is 38.3 Å². The van der Waals surface area contributed by atoms with Gasteiger partial charge in [0.1, 0.15) is 11.6 Å². The van der Waals surface area contributed by atoms with Crippen LogP contribution < -0.4 is 5.32 Å². The quantitative estimate of drug-likeness (QED) is 0.686. The van der Waals surface area contributed by atoms with Crippen LogP contribution in [0.25, 0.3) is 0 Å². The minimum absolute atomic E-state index is 0.379. The van der Waals surface area contributed by atoms with E-state index in [0.717, 1.165) is 0 Å². The van der Waals surface area contributed by atoms with Crippen molar-refractivity contribution in [1.82, 2.24) is 5.32 Å². The Morgan fingerprint density at radius 3 is 2.47 bits per heavy atom. The molecular weight excluding hydrogens is 242 g/mol. The molecule has 100 valence electrons. The van der Waals surface area contributed by atoms with Crippen LogP contribution in [0, 0.1) is 0 Å². The van der Waals surface area contributed by atoms with Gasteiger partial charge in [0.05, 0.1) is 0 Å². The van der Waals surface area contributed by atoms with Crippen LogP contribution in [0.2, 0.25) is 0 Å². The van der Waals surface area contributed by atoms with Gasteiger partial charge < -0.3 is 15.2 Å². The molecule has 0 radical (unpaired) electrons. The molecule has 0 saturated carbocycles. The summed E-state index contributed by atoms with van der Waals surface area (Å²) in [4.78, 5) is 22.9. The summed E-state index contributed by atoms with van der Waals surface area (Å²) in [5.41, 5.74) is -0.965. The molecule has 0 aromatic carbocycles. The molecule has 0 spiro atoms. The molecular formula is C11H21NO4S. The molecule has 1 unspecified atom stereocenters. The highest BCUT2D eigenvalue weighted by molar-refractivity contribution is 7.98. The van der Waals surface area contributed by atoms with Crippen LogP contribution in [-0.4, -0.2) is 47.7 Å². The number of hydrogen-bond donors (Lipinski definition) is 2. The number of aliphatic carboxylic acids is 1. The Bertz CT molecular complexity index is 266. The Morgan fingerprint density at radius 1 is 1.53 bits per heavy atom. The fraction of sp³-hybridized carbons (Fsp3) is 0.818. The molecule has 0 aliphatic heterocycles. The van der Waals surface area contributed by atoms with E-state index in [1.165, 1.54) is 7.11 Å². The Balaban J connectivity index is 4.54. The molecule has 0 rings (SSSR count). The lowest BCUT2D eigenvalue weighted by molar-refractivity contribution is -0.148. The Kier molecular flexibility index (Phi) is 7.22. The lowest BCUT2D eigenvalue weighted by Crippen LogP contribution is -2.51. The van der Waals surface area contributed by atoms with Gasteiger partial charge in [-0.1, -0.05) is 6.92 Å². The molecule has 0 saturated heterocycles. The van der Waals surface area contributed by atoms with Gasteiger partial charge in [0.15, 0.2) is 0 Å². The summed E-state index contributed by atoms with van der Waals surface area (Å²) in [5, 5.41) is 11.5. The fourth-order valence-corrected chi connectivity index (χ4v) is 1.67. The summed E-state index contributed by atoms with van der Waals surface area (Å²) in [5.74, 6) is -0.703. The third-order valence-electron chi connectivity index (χ3n) is 2.82. The number of carboxylic acids is 1. The van der Waals surface area contributed by atoms with Crippen LogP contribution >= 0.6 is 11.8 Å². The first-order valence-electron chi connectivity index (χ1n) is 5.49. The van der Waals surface area contributed by atoms with Crippen molar-refractivity contribution in [3.8, 4) is 0 Å². The number of carbonyl (C=O) groups excluding carboxylic acids is 1. The van der Waals surface area contributed by atoms with Crippen LogP contribution in [0.1, 0.15) is 26.7 Å². The third-order valence-corrected chi connectivity index (χ3v) is 3.46. The predicted molar refractivity (Wildman–Crippen MR) is 68.3 cm³/mol. The van der Waals surface area contributed by atoms with E-state index in [9.17, 15) is 9.59 Å². The smallest absolute Gasteiger partial charge is 0.326 e. The van der Waals surface area contributed by atoms with Gasteiger partial charge >= 0.3 is 5.97 Å². The van der Waals surface area contributed by atoms with E-state index in [0.29, 0.717) is 18.6 Å². The molecule has 2 N–H and O–H groups in total. The average molecular weight is 263 g/mol. The molecule has 0 aromatic rings. The van der Waals surface area contributed by atoms with Gasteiger partial charge in [-0.05, 0) is 31.8 Å².